The molecule has 4 nitrogen and oxygen atoms in total. The van der Waals surface area contributed by atoms with Crippen molar-refractivity contribution in [2.45, 2.75) is 111 Å². The summed E-state index contributed by atoms with van der Waals surface area (Å²) in [6.07, 6.45) is -0.817. The molecule has 4 aromatic carbocycles. The Kier molecular flexibility index (Phi) is 8.93. The number of aliphatic hydroxyl groups is 2. The molecular weight excluding hydrogens is 556 g/mol. The summed E-state index contributed by atoms with van der Waals surface area (Å²) in [6.45, 7) is 20.5. The van der Waals surface area contributed by atoms with Crippen molar-refractivity contribution in [3.05, 3.63) is 140 Å². The van der Waals surface area contributed by atoms with Crippen molar-refractivity contribution in [2.75, 3.05) is 0 Å². The number of aryl methyl sites for hydroxylation is 8. The molecule has 1 aliphatic rings. The Morgan fingerprint density at radius 3 is 0.822 bits per heavy atom. The molecule has 1 fully saturated rings. The van der Waals surface area contributed by atoms with E-state index in [1.807, 2.05) is 118 Å². The average Bonchev–Trinajstić information content (AvgIpc) is 3.36. The molecule has 2 N–H and O–H groups in total. The lowest BCUT2D eigenvalue weighted by atomic mass is 9.70. The molecule has 0 aliphatic carbocycles. The van der Waals surface area contributed by atoms with Gasteiger partial charge in [0, 0.05) is 0 Å². The largest absolute Gasteiger partial charge is 0.378 e. The van der Waals surface area contributed by atoms with Crippen LogP contribution in [0.15, 0.2) is 72.8 Å². The van der Waals surface area contributed by atoms with E-state index in [2.05, 4.69) is 24.3 Å². The Bertz CT molecular complexity index is 1410. The summed E-state index contributed by atoms with van der Waals surface area (Å²) in [4.78, 5) is 0. The Labute approximate surface area is 270 Å². The minimum atomic E-state index is -1.66. The van der Waals surface area contributed by atoms with Crippen LogP contribution in [0.3, 0.4) is 0 Å². The zero-order chi connectivity index (χ0) is 32.9. The number of rotatable bonds is 8. The Balaban J connectivity index is 1.90. The van der Waals surface area contributed by atoms with Gasteiger partial charge in [-0.1, -0.05) is 131 Å². The third kappa shape index (κ3) is 6.02. The lowest BCUT2D eigenvalue weighted by Crippen LogP contribution is -2.55. The van der Waals surface area contributed by atoms with Gasteiger partial charge in [0.25, 0.3) is 0 Å². The highest BCUT2D eigenvalue weighted by Crippen LogP contribution is 2.52. The van der Waals surface area contributed by atoms with Crippen LogP contribution < -0.4 is 0 Å². The summed E-state index contributed by atoms with van der Waals surface area (Å²) in [5.41, 5.74) is 7.89. The van der Waals surface area contributed by atoms with E-state index >= 15 is 0 Å². The summed E-state index contributed by atoms with van der Waals surface area (Å²) in [5.74, 6) is -1.01. The average molecular weight is 607 g/mol. The first-order valence-corrected chi connectivity index (χ1v) is 16.3. The van der Waals surface area contributed by atoms with Crippen molar-refractivity contribution >= 4 is 0 Å². The highest BCUT2D eigenvalue weighted by molar-refractivity contribution is 5.49. The van der Waals surface area contributed by atoms with Gasteiger partial charge >= 0.3 is 0 Å². The number of hydrogen-bond acceptors (Lipinski definition) is 4. The van der Waals surface area contributed by atoms with Gasteiger partial charge in [-0.15, -0.1) is 0 Å². The Morgan fingerprint density at radius 1 is 0.444 bits per heavy atom. The first kappa shape index (κ1) is 33.1. The lowest BCUT2D eigenvalue weighted by molar-refractivity contribution is -0.200. The van der Waals surface area contributed by atoms with Gasteiger partial charge in [0.15, 0.2) is 5.79 Å². The molecule has 238 valence electrons. The van der Waals surface area contributed by atoms with Crippen molar-refractivity contribution in [2.24, 2.45) is 0 Å². The van der Waals surface area contributed by atoms with Crippen molar-refractivity contribution < 1.29 is 19.7 Å². The normalized spacial score (nSPS) is 18.4. The van der Waals surface area contributed by atoms with Crippen LogP contribution in [-0.4, -0.2) is 28.2 Å². The summed E-state index contributed by atoms with van der Waals surface area (Å²) < 4.78 is 14.1. The van der Waals surface area contributed by atoms with Gasteiger partial charge in [0.2, 0.25) is 0 Å². The molecule has 2 atom stereocenters. The standard InChI is InChI=1S/C41H50O4/c1-11-39(12-2)44-37(40(42,33-17-25(3)13-26(4)18-33)34-19-27(5)14-28(6)20-34)38(45-39)41(43,35-21-29(7)15-30(8)22-35)36-23-31(9)16-32(10)24-36/h13-24,37-38,42-43H,11-12H2,1-10H3/t37-,38-/m1/s1. The second-order valence-electron chi connectivity index (χ2n) is 13.7. The molecule has 45 heavy (non-hydrogen) atoms. The summed E-state index contributed by atoms with van der Waals surface area (Å²) in [7, 11) is 0. The Morgan fingerprint density at radius 2 is 0.644 bits per heavy atom. The maximum absolute atomic E-state index is 13.5. The zero-order valence-corrected chi connectivity index (χ0v) is 28.7. The fourth-order valence-corrected chi connectivity index (χ4v) is 7.58. The quantitative estimate of drug-likeness (QED) is 0.211. The molecule has 0 saturated carbocycles. The van der Waals surface area contributed by atoms with E-state index in [-0.39, 0.29) is 0 Å². The smallest absolute Gasteiger partial charge is 0.169 e. The van der Waals surface area contributed by atoms with E-state index in [0.717, 1.165) is 66.8 Å². The molecular formula is C41H50O4. The predicted octanol–water partition coefficient (Wildman–Crippen LogP) is 8.63. The van der Waals surface area contributed by atoms with Crippen LogP contribution in [0.2, 0.25) is 0 Å². The van der Waals surface area contributed by atoms with Gasteiger partial charge in [0.1, 0.15) is 23.4 Å². The second-order valence-corrected chi connectivity index (χ2v) is 13.7. The van der Waals surface area contributed by atoms with Crippen LogP contribution in [0.1, 0.15) is 93.5 Å². The van der Waals surface area contributed by atoms with E-state index in [4.69, 9.17) is 9.47 Å². The van der Waals surface area contributed by atoms with Crippen LogP contribution in [-0.2, 0) is 20.7 Å². The molecule has 0 unspecified atom stereocenters. The maximum Gasteiger partial charge on any atom is 0.169 e. The van der Waals surface area contributed by atoms with E-state index in [9.17, 15) is 10.2 Å². The van der Waals surface area contributed by atoms with Gasteiger partial charge in [-0.25, -0.2) is 0 Å². The van der Waals surface area contributed by atoms with Crippen molar-refractivity contribution in [1.82, 2.24) is 0 Å². The monoisotopic (exact) mass is 606 g/mol. The molecule has 0 bridgehead atoms. The lowest BCUT2D eigenvalue weighted by Gasteiger charge is -2.43. The minimum absolute atomic E-state index is 0.558. The van der Waals surface area contributed by atoms with Crippen molar-refractivity contribution in [1.29, 1.82) is 0 Å². The van der Waals surface area contributed by atoms with Crippen LogP contribution in [0.5, 0.6) is 0 Å². The van der Waals surface area contributed by atoms with Crippen molar-refractivity contribution in [3.8, 4) is 0 Å². The topological polar surface area (TPSA) is 58.9 Å². The third-order valence-electron chi connectivity index (χ3n) is 9.51. The predicted molar refractivity (Wildman–Crippen MR) is 183 cm³/mol. The van der Waals surface area contributed by atoms with Crippen LogP contribution in [0.4, 0.5) is 0 Å². The maximum atomic E-state index is 13.5. The van der Waals surface area contributed by atoms with E-state index in [0.29, 0.717) is 12.8 Å². The summed E-state index contributed by atoms with van der Waals surface area (Å²) >= 11 is 0. The number of hydrogen-bond donors (Lipinski definition) is 2. The zero-order valence-electron chi connectivity index (χ0n) is 28.7. The summed E-state index contributed by atoms with van der Waals surface area (Å²) in [6, 6.07) is 24.7. The molecule has 0 aromatic heterocycles. The second kappa shape index (κ2) is 12.1. The molecule has 4 heteroatoms. The van der Waals surface area contributed by atoms with Crippen molar-refractivity contribution in [3.63, 3.8) is 0 Å². The van der Waals surface area contributed by atoms with Gasteiger partial charge in [-0.2, -0.15) is 0 Å². The van der Waals surface area contributed by atoms with Crippen LogP contribution in [0, 0.1) is 55.4 Å². The molecule has 0 spiro atoms. The SMILES string of the molecule is CCC1(CC)O[C@@H](C(O)(c2cc(C)cc(C)c2)c2cc(C)cc(C)c2)[C@H](C(O)(c2cc(C)cc(C)c2)c2cc(C)cc(C)c2)O1. The van der Waals surface area contributed by atoms with Gasteiger partial charge in [0.05, 0.1) is 0 Å². The van der Waals surface area contributed by atoms with Gasteiger partial charge in [-0.3, -0.25) is 0 Å². The molecule has 0 radical (unpaired) electrons. The molecule has 1 heterocycles. The third-order valence-corrected chi connectivity index (χ3v) is 9.51. The van der Waals surface area contributed by atoms with Crippen LogP contribution >= 0.6 is 0 Å². The number of ether oxygens (including phenoxy) is 2. The van der Waals surface area contributed by atoms with Gasteiger partial charge < -0.3 is 19.7 Å². The fraction of sp³-hybridized carbons (Fsp3) is 0.415. The molecule has 1 aliphatic heterocycles. The first-order valence-electron chi connectivity index (χ1n) is 16.3. The number of benzene rings is 4. The fourth-order valence-electron chi connectivity index (χ4n) is 7.58. The highest BCUT2D eigenvalue weighted by Gasteiger charge is 2.62. The van der Waals surface area contributed by atoms with Gasteiger partial charge in [-0.05, 0) is 90.5 Å². The molecule has 5 rings (SSSR count). The minimum Gasteiger partial charge on any atom is -0.378 e. The Hall–Kier alpha value is -3.28. The highest BCUT2D eigenvalue weighted by atomic mass is 16.8. The van der Waals surface area contributed by atoms with E-state index in [1.165, 1.54) is 0 Å². The van der Waals surface area contributed by atoms with E-state index < -0.39 is 29.2 Å². The van der Waals surface area contributed by atoms with Crippen LogP contribution in [0.25, 0.3) is 0 Å². The molecule has 4 aromatic rings. The molecule has 1 saturated heterocycles. The first-order chi connectivity index (χ1) is 21.1. The summed E-state index contributed by atoms with van der Waals surface area (Å²) in [5, 5.41) is 27.0. The molecule has 0 amide bonds. The van der Waals surface area contributed by atoms with E-state index in [1.54, 1.807) is 0 Å².